The van der Waals surface area contributed by atoms with Crippen molar-refractivity contribution in [2.24, 2.45) is 0 Å². The number of unbranched alkanes of at least 4 members (excludes halogenated alkanes) is 30. The predicted molar refractivity (Wildman–Crippen MR) is 372 cm³/mol. The van der Waals surface area contributed by atoms with E-state index in [0.717, 1.165) is 61.2 Å². The molecule has 0 bridgehead atoms. The molecule has 0 fully saturated rings. The van der Waals surface area contributed by atoms with Gasteiger partial charge < -0.3 is 22.6 Å². The summed E-state index contributed by atoms with van der Waals surface area (Å²) in [5, 5.41) is 0. The molecule has 0 aliphatic carbocycles. The lowest BCUT2D eigenvalue weighted by Gasteiger charge is -2.31. The van der Waals surface area contributed by atoms with Crippen LogP contribution in [0.15, 0.2) is 24.3 Å². The van der Waals surface area contributed by atoms with E-state index < -0.39 is 17.2 Å². The first-order valence-corrected chi connectivity index (χ1v) is 36.6. The van der Waals surface area contributed by atoms with Gasteiger partial charge in [0.05, 0.1) is 19.8 Å². The van der Waals surface area contributed by atoms with Crippen LogP contribution in [0, 0.1) is 85.1 Å². The van der Waals surface area contributed by atoms with Crippen LogP contribution in [0.2, 0.25) is 0 Å². The fourth-order valence-corrected chi connectivity index (χ4v) is 12.6. The number of benzene rings is 2. The van der Waals surface area contributed by atoms with Gasteiger partial charge in [-0.25, -0.2) is 0 Å². The van der Waals surface area contributed by atoms with Crippen LogP contribution in [0.4, 0.5) is 0 Å². The second-order valence-corrected chi connectivity index (χ2v) is 27.9. The van der Waals surface area contributed by atoms with Crippen LogP contribution in [0.3, 0.4) is 0 Å². The molecule has 6 nitrogen and oxygen atoms in total. The van der Waals surface area contributed by atoms with Crippen molar-refractivity contribution >= 4 is 17.2 Å². The van der Waals surface area contributed by atoms with Crippen molar-refractivity contribution in [2.45, 2.75) is 331 Å². The Labute approximate surface area is 533 Å². The maximum absolute atomic E-state index is 6.99. The molecule has 0 spiro atoms. The topological polar surface area (TPSA) is 55.4 Å². The minimum atomic E-state index is -1.88. The van der Waals surface area contributed by atoms with Gasteiger partial charge in [-0.15, -0.1) is 0 Å². The molecule has 0 amide bonds. The Hall–Kier alpha value is -4.06. The van der Waals surface area contributed by atoms with Crippen molar-refractivity contribution in [1.29, 1.82) is 0 Å². The summed E-state index contributed by atoms with van der Waals surface area (Å²) in [5.41, 5.74) is 6.77. The van der Waals surface area contributed by atoms with Crippen molar-refractivity contribution in [3.63, 3.8) is 0 Å². The lowest BCUT2D eigenvalue weighted by molar-refractivity contribution is 0.197. The average Bonchev–Trinajstić information content (AvgIpc) is 1.23. The van der Waals surface area contributed by atoms with E-state index >= 15 is 0 Å². The van der Waals surface area contributed by atoms with Crippen LogP contribution in [0.5, 0.6) is 11.5 Å². The van der Waals surface area contributed by atoms with E-state index in [0.29, 0.717) is 19.8 Å². The lowest BCUT2D eigenvalue weighted by Crippen LogP contribution is -2.17. The third-order valence-electron chi connectivity index (χ3n) is 15.7. The molecule has 2 unspecified atom stereocenters. The van der Waals surface area contributed by atoms with Gasteiger partial charge in [-0.2, -0.15) is 0 Å². The van der Waals surface area contributed by atoms with Gasteiger partial charge in [0.1, 0.15) is 17.6 Å². The van der Waals surface area contributed by atoms with Crippen LogP contribution in [-0.4, -0.2) is 19.8 Å². The highest BCUT2D eigenvalue weighted by molar-refractivity contribution is 7.42. The minimum Gasteiger partial charge on any atom is -0.426 e. The molecular weight excluding hydrogens is 1090 g/mol. The maximum atomic E-state index is 6.99. The quantitative estimate of drug-likeness (QED) is 0.0374. The summed E-state index contributed by atoms with van der Waals surface area (Å²) in [4.78, 5) is 0. The summed E-state index contributed by atoms with van der Waals surface area (Å²) >= 11 is 0. The second kappa shape index (κ2) is 50.8. The van der Waals surface area contributed by atoms with E-state index in [9.17, 15) is 0 Å². The molecule has 0 aliphatic rings. The normalized spacial score (nSPS) is 11.7. The van der Waals surface area contributed by atoms with E-state index in [1.54, 1.807) is 6.92 Å². The van der Waals surface area contributed by atoms with Crippen molar-refractivity contribution in [3.05, 3.63) is 57.6 Å². The molecule has 0 aromatic heterocycles. The SMILES string of the molecule is CC#CC#CC#CC#CC#CC#COP(OCCCCCCCCCCCCC)Oc1cc(C)c(C(CCC)c2cc(C(C)(C)C)c(OP(OCCCCCCCCCCCCC)OCCCCCCCCCCCCC)cc2C)cc1C(C)(C)C. The Kier molecular flexibility index (Phi) is 46.1. The first kappa shape index (κ1) is 78.0. The predicted octanol–water partition coefficient (Wildman–Crippen LogP) is 24.0. The van der Waals surface area contributed by atoms with Crippen molar-refractivity contribution in [3.8, 4) is 82.7 Å². The Morgan fingerprint density at radius 2 is 0.651 bits per heavy atom. The number of hydrogen-bond acceptors (Lipinski definition) is 6. The number of rotatable bonds is 48. The molecule has 0 saturated heterocycles. The Morgan fingerprint density at radius 1 is 0.360 bits per heavy atom. The Bertz CT molecular complexity index is 2470. The smallest absolute Gasteiger partial charge is 0.426 e. The Balaban J connectivity index is 2.43. The van der Waals surface area contributed by atoms with Gasteiger partial charge >= 0.3 is 17.2 Å². The van der Waals surface area contributed by atoms with Gasteiger partial charge in [0.2, 0.25) is 0 Å². The average molecular weight is 1220 g/mol. The fourth-order valence-electron chi connectivity index (χ4n) is 10.7. The molecule has 0 N–H and O–H groups in total. The van der Waals surface area contributed by atoms with Crippen LogP contribution < -0.4 is 9.05 Å². The summed E-state index contributed by atoms with van der Waals surface area (Å²) in [6.45, 7) is 30.8. The molecule has 478 valence electrons. The molecule has 86 heavy (non-hydrogen) atoms. The molecule has 2 rings (SSSR count). The van der Waals surface area contributed by atoms with Gasteiger partial charge in [0, 0.05) is 46.6 Å². The molecule has 0 saturated carbocycles. The number of aryl methyl sites for hydroxylation is 2. The van der Waals surface area contributed by atoms with Gasteiger partial charge in [-0.05, 0) is 121 Å². The summed E-state index contributed by atoms with van der Waals surface area (Å²) in [6, 6.07) is 9.28. The monoisotopic (exact) mass is 1210 g/mol. The summed E-state index contributed by atoms with van der Waals surface area (Å²) in [6.07, 6.45) is 47.2. The van der Waals surface area contributed by atoms with Gasteiger partial charge in [-0.3, -0.25) is 4.52 Å². The molecule has 0 heterocycles. The molecular formula is C78H120O6P2. The summed E-state index contributed by atoms with van der Waals surface area (Å²) in [7, 11) is -3.47. The maximum Gasteiger partial charge on any atom is 0.472 e. The van der Waals surface area contributed by atoms with E-state index in [4.69, 9.17) is 27.1 Å². The third kappa shape index (κ3) is 37.7. The van der Waals surface area contributed by atoms with E-state index in [2.05, 4.69) is 179 Å². The van der Waals surface area contributed by atoms with Crippen molar-refractivity contribution in [1.82, 2.24) is 0 Å². The molecule has 2 aromatic carbocycles. The Morgan fingerprint density at radius 3 is 0.965 bits per heavy atom. The first-order valence-electron chi connectivity index (χ1n) is 34.4. The second-order valence-electron chi connectivity index (χ2n) is 25.7. The van der Waals surface area contributed by atoms with E-state index in [-0.39, 0.29) is 16.7 Å². The zero-order valence-corrected chi connectivity index (χ0v) is 58.9. The molecule has 0 aliphatic heterocycles. The van der Waals surface area contributed by atoms with Crippen LogP contribution in [0.1, 0.15) is 340 Å². The van der Waals surface area contributed by atoms with Crippen LogP contribution in [0.25, 0.3) is 0 Å². The van der Waals surface area contributed by atoms with Gasteiger partial charge in [-0.1, -0.05) is 286 Å². The van der Waals surface area contributed by atoms with Gasteiger partial charge in [0.15, 0.2) is 0 Å². The van der Waals surface area contributed by atoms with Crippen LogP contribution >= 0.6 is 17.2 Å². The fraction of sp³-hybridized carbons (Fsp3) is 0.692. The first-order chi connectivity index (χ1) is 41.7. The molecule has 8 heteroatoms. The zero-order chi connectivity index (χ0) is 62.8. The highest BCUT2D eigenvalue weighted by Crippen LogP contribution is 2.49. The number of hydrogen-bond donors (Lipinski definition) is 0. The van der Waals surface area contributed by atoms with E-state index in [1.165, 1.54) is 208 Å². The lowest BCUT2D eigenvalue weighted by atomic mass is 9.76. The summed E-state index contributed by atoms with van der Waals surface area (Å²) < 4.78 is 39.5. The third-order valence-corrected chi connectivity index (χ3v) is 17.8. The van der Waals surface area contributed by atoms with Crippen molar-refractivity contribution in [2.75, 3.05) is 19.8 Å². The molecule has 0 radical (unpaired) electrons. The highest BCUT2D eigenvalue weighted by atomic mass is 31.2. The van der Waals surface area contributed by atoms with Crippen LogP contribution in [-0.2, 0) is 28.9 Å². The van der Waals surface area contributed by atoms with Gasteiger partial charge in [0.25, 0.3) is 0 Å². The van der Waals surface area contributed by atoms with Crippen molar-refractivity contribution < 1.29 is 27.1 Å². The van der Waals surface area contributed by atoms with E-state index in [1.807, 2.05) is 0 Å². The molecule has 2 atom stereocenters. The summed E-state index contributed by atoms with van der Waals surface area (Å²) in [5.74, 6) is 31.3. The minimum absolute atomic E-state index is 0.137. The highest BCUT2D eigenvalue weighted by Gasteiger charge is 2.31. The largest absolute Gasteiger partial charge is 0.472 e. The zero-order valence-electron chi connectivity index (χ0n) is 57.1. The molecule has 2 aromatic rings. The standard InChI is InChI=1S/C78H120O6P2/c1-14-19-23-27-31-35-39-43-47-51-55-60-79-85(80-61-56-52-48-44-40-36-32-28-24-20-15-2)83-75-64-68(6)71(66-73(75)77(8,9)10)70(59-18-5)72-67-74(78(11,12)13)76(65-69(72)7)84-86(81-62-57-53-49-45-41-37-33-29-25-21-16-3)82-63-58-54-50-46-42-38-34-30-26-22-17-4/h64-67,70H,14-16,18-21,23-25,27-29,31-33,35-37,39-41,43-45,47-49,51-53,55-57,59-62H2,1-13H3.